The first-order valence-corrected chi connectivity index (χ1v) is 7.63. The van der Waals surface area contributed by atoms with Gasteiger partial charge in [0.2, 0.25) is 5.91 Å². The zero-order chi connectivity index (χ0) is 16.4. The Bertz CT molecular complexity index is 776. The first-order chi connectivity index (χ1) is 11.0. The second-order valence-electron chi connectivity index (χ2n) is 5.32. The third kappa shape index (κ3) is 3.29. The molecule has 0 aliphatic carbocycles. The lowest BCUT2D eigenvalue weighted by atomic mass is 10.1. The maximum Gasteiger partial charge on any atom is 0.255 e. The summed E-state index contributed by atoms with van der Waals surface area (Å²) in [5, 5.41) is 12.3. The standard InChI is InChI=1S/C17H15ClN2O3/c18-14-10-12(6-7-15(14)21)19-17(23)11-3-1-4-13(9-11)20-8-2-5-16(20)22/h1,3-4,6-7,9-10,21H,2,5,8H2,(H,19,23). The maximum atomic E-state index is 12.3. The number of carbonyl (C=O) groups is 2. The van der Waals surface area contributed by atoms with E-state index in [1.54, 1.807) is 29.2 Å². The van der Waals surface area contributed by atoms with Gasteiger partial charge in [-0.25, -0.2) is 0 Å². The number of phenolic OH excluding ortho intramolecular Hbond substituents is 1. The van der Waals surface area contributed by atoms with Gasteiger partial charge in [-0.1, -0.05) is 17.7 Å². The average Bonchev–Trinajstić information content (AvgIpc) is 2.97. The fourth-order valence-corrected chi connectivity index (χ4v) is 2.70. The Labute approximate surface area is 138 Å². The van der Waals surface area contributed by atoms with Gasteiger partial charge in [0.15, 0.2) is 0 Å². The number of nitrogens with zero attached hydrogens (tertiary/aromatic N) is 1. The summed E-state index contributed by atoms with van der Waals surface area (Å²) in [6, 6.07) is 11.4. The molecule has 1 aliphatic heterocycles. The molecule has 0 unspecified atom stereocenters. The van der Waals surface area contributed by atoms with E-state index in [2.05, 4.69) is 5.32 Å². The van der Waals surface area contributed by atoms with E-state index in [1.807, 2.05) is 6.07 Å². The molecule has 0 radical (unpaired) electrons. The summed E-state index contributed by atoms with van der Waals surface area (Å²) in [7, 11) is 0. The lowest BCUT2D eigenvalue weighted by Crippen LogP contribution is -2.24. The minimum Gasteiger partial charge on any atom is -0.506 e. The lowest BCUT2D eigenvalue weighted by Gasteiger charge is -2.16. The topological polar surface area (TPSA) is 69.6 Å². The number of aromatic hydroxyl groups is 1. The number of hydrogen-bond acceptors (Lipinski definition) is 3. The zero-order valence-corrected chi connectivity index (χ0v) is 13.0. The number of halogens is 1. The molecule has 1 heterocycles. The highest BCUT2D eigenvalue weighted by molar-refractivity contribution is 6.32. The highest BCUT2D eigenvalue weighted by Gasteiger charge is 2.22. The van der Waals surface area contributed by atoms with E-state index < -0.39 is 0 Å². The molecule has 1 aliphatic rings. The van der Waals surface area contributed by atoms with Crippen molar-refractivity contribution in [2.24, 2.45) is 0 Å². The molecule has 3 rings (SSSR count). The van der Waals surface area contributed by atoms with Crippen LogP contribution in [0.3, 0.4) is 0 Å². The van der Waals surface area contributed by atoms with Crippen LogP contribution in [0.1, 0.15) is 23.2 Å². The van der Waals surface area contributed by atoms with E-state index in [0.29, 0.717) is 24.2 Å². The van der Waals surface area contributed by atoms with Crippen molar-refractivity contribution in [2.45, 2.75) is 12.8 Å². The number of phenols is 1. The molecule has 118 valence electrons. The fraction of sp³-hybridized carbons (Fsp3) is 0.176. The first-order valence-electron chi connectivity index (χ1n) is 7.25. The zero-order valence-electron chi connectivity index (χ0n) is 12.3. The third-order valence-corrected chi connectivity index (χ3v) is 4.00. The van der Waals surface area contributed by atoms with E-state index in [-0.39, 0.29) is 22.6 Å². The summed E-state index contributed by atoms with van der Waals surface area (Å²) < 4.78 is 0. The Morgan fingerprint density at radius 1 is 1.22 bits per heavy atom. The summed E-state index contributed by atoms with van der Waals surface area (Å²) in [5.41, 5.74) is 1.66. The molecular formula is C17H15ClN2O3. The number of benzene rings is 2. The van der Waals surface area contributed by atoms with Gasteiger partial charge in [0, 0.05) is 29.9 Å². The smallest absolute Gasteiger partial charge is 0.255 e. The Balaban J connectivity index is 1.79. The van der Waals surface area contributed by atoms with Gasteiger partial charge in [-0.15, -0.1) is 0 Å². The van der Waals surface area contributed by atoms with Crippen LogP contribution in [0.2, 0.25) is 5.02 Å². The number of anilines is 2. The largest absolute Gasteiger partial charge is 0.506 e. The van der Waals surface area contributed by atoms with Gasteiger partial charge in [0.1, 0.15) is 5.75 Å². The van der Waals surface area contributed by atoms with Crippen LogP contribution in [0.5, 0.6) is 5.75 Å². The van der Waals surface area contributed by atoms with Crippen LogP contribution in [-0.2, 0) is 4.79 Å². The highest BCUT2D eigenvalue weighted by Crippen LogP contribution is 2.27. The molecule has 1 fully saturated rings. The van der Waals surface area contributed by atoms with Crippen LogP contribution in [-0.4, -0.2) is 23.5 Å². The summed E-state index contributed by atoms with van der Waals surface area (Å²) in [6.07, 6.45) is 1.38. The number of rotatable bonds is 3. The first kappa shape index (κ1) is 15.4. The molecule has 5 nitrogen and oxygen atoms in total. The Hall–Kier alpha value is -2.53. The monoisotopic (exact) mass is 330 g/mol. The summed E-state index contributed by atoms with van der Waals surface area (Å²) in [6.45, 7) is 0.678. The second kappa shape index (κ2) is 6.30. The molecule has 0 saturated carbocycles. The lowest BCUT2D eigenvalue weighted by molar-refractivity contribution is -0.117. The predicted octanol–water partition coefficient (Wildman–Crippen LogP) is 3.42. The molecule has 0 spiro atoms. The van der Waals surface area contributed by atoms with Crippen LogP contribution in [0.15, 0.2) is 42.5 Å². The maximum absolute atomic E-state index is 12.3. The van der Waals surface area contributed by atoms with Crippen LogP contribution in [0.4, 0.5) is 11.4 Å². The second-order valence-corrected chi connectivity index (χ2v) is 5.73. The predicted molar refractivity (Wildman–Crippen MR) is 89.1 cm³/mol. The number of hydrogen-bond donors (Lipinski definition) is 2. The number of carbonyl (C=O) groups excluding carboxylic acids is 2. The Morgan fingerprint density at radius 3 is 2.74 bits per heavy atom. The normalized spacial score (nSPS) is 14.1. The summed E-state index contributed by atoms with van der Waals surface area (Å²) >= 11 is 5.83. The minimum atomic E-state index is -0.305. The van der Waals surface area contributed by atoms with Crippen LogP contribution in [0, 0.1) is 0 Å². The molecule has 2 aromatic carbocycles. The van der Waals surface area contributed by atoms with E-state index in [9.17, 15) is 14.7 Å². The van der Waals surface area contributed by atoms with Crippen molar-refractivity contribution in [1.29, 1.82) is 0 Å². The van der Waals surface area contributed by atoms with E-state index >= 15 is 0 Å². The molecule has 0 atom stereocenters. The number of amides is 2. The van der Waals surface area contributed by atoms with Crippen molar-refractivity contribution in [2.75, 3.05) is 16.8 Å². The number of nitrogens with one attached hydrogen (secondary N) is 1. The van der Waals surface area contributed by atoms with Crippen molar-refractivity contribution in [3.63, 3.8) is 0 Å². The summed E-state index contributed by atoms with van der Waals surface area (Å²) in [4.78, 5) is 25.8. The van der Waals surface area contributed by atoms with Gasteiger partial charge in [-0.2, -0.15) is 0 Å². The quantitative estimate of drug-likeness (QED) is 0.847. The minimum absolute atomic E-state index is 0.0424. The SMILES string of the molecule is O=C(Nc1ccc(O)c(Cl)c1)c1cccc(N2CCCC2=O)c1. The van der Waals surface area contributed by atoms with Crippen molar-refractivity contribution in [1.82, 2.24) is 0 Å². The van der Waals surface area contributed by atoms with E-state index in [1.165, 1.54) is 12.1 Å². The molecule has 1 saturated heterocycles. The van der Waals surface area contributed by atoms with Crippen LogP contribution >= 0.6 is 11.6 Å². The van der Waals surface area contributed by atoms with Crippen molar-refractivity contribution < 1.29 is 14.7 Å². The van der Waals surface area contributed by atoms with E-state index in [4.69, 9.17) is 11.6 Å². The molecule has 2 amide bonds. The average molecular weight is 331 g/mol. The molecule has 0 aromatic heterocycles. The van der Waals surface area contributed by atoms with Gasteiger partial charge < -0.3 is 15.3 Å². The van der Waals surface area contributed by atoms with Crippen molar-refractivity contribution >= 4 is 34.8 Å². The van der Waals surface area contributed by atoms with Gasteiger partial charge in [0.25, 0.3) is 5.91 Å². The van der Waals surface area contributed by atoms with Gasteiger partial charge >= 0.3 is 0 Å². The van der Waals surface area contributed by atoms with Gasteiger partial charge in [-0.3, -0.25) is 9.59 Å². The fourth-order valence-electron chi connectivity index (χ4n) is 2.52. The highest BCUT2D eigenvalue weighted by atomic mass is 35.5. The van der Waals surface area contributed by atoms with Crippen molar-refractivity contribution in [3.8, 4) is 5.75 Å². The van der Waals surface area contributed by atoms with E-state index in [0.717, 1.165) is 12.1 Å². The van der Waals surface area contributed by atoms with Gasteiger partial charge in [0.05, 0.1) is 5.02 Å². The van der Waals surface area contributed by atoms with Crippen LogP contribution < -0.4 is 10.2 Å². The molecule has 2 aromatic rings. The third-order valence-electron chi connectivity index (χ3n) is 3.70. The Morgan fingerprint density at radius 2 is 2.04 bits per heavy atom. The van der Waals surface area contributed by atoms with Crippen LogP contribution in [0.25, 0.3) is 0 Å². The molecular weight excluding hydrogens is 316 g/mol. The molecule has 6 heteroatoms. The summed E-state index contributed by atoms with van der Waals surface area (Å²) in [5.74, 6) is -0.271. The molecule has 0 bridgehead atoms. The van der Waals surface area contributed by atoms with Crippen molar-refractivity contribution in [3.05, 3.63) is 53.1 Å². The van der Waals surface area contributed by atoms with Gasteiger partial charge in [-0.05, 0) is 42.8 Å². The Kier molecular flexibility index (Phi) is 4.21. The molecule has 2 N–H and O–H groups in total. The molecule has 23 heavy (non-hydrogen) atoms.